The molecule has 0 radical (unpaired) electrons. The van der Waals surface area contributed by atoms with Gasteiger partial charge in [-0.2, -0.15) is 5.10 Å². The van der Waals surface area contributed by atoms with E-state index < -0.39 is 4.92 Å². The summed E-state index contributed by atoms with van der Waals surface area (Å²) in [5.41, 5.74) is 3.36. The second-order valence-corrected chi connectivity index (χ2v) is 4.70. The Hall–Kier alpha value is -2.48. The van der Waals surface area contributed by atoms with Crippen LogP contribution in [0.1, 0.15) is 16.1 Å². The van der Waals surface area contributed by atoms with E-state index in [2.05, 4.69) is 31.4 Å². The van der Waals surface area contributed by atoms with Crippen molar-refractivity contribution in [3.63, 3.8) is 0 Å². The van der Waals surface area contributed by atoms with Crippen molar-refractivity contribution in [1.82, 2.24) is 10.4 Å². The molecule has 2 rings (SSSR count). The maximum absolute atomic E-state index is 11.6. The molecule has 0 aliphatic carbocycles. The van der Waals surface area contributed by atoms with Crippen LogP contribution in [0.15, 0.2) is 46.1 Å². The summed E-state index contributed by atoms with van der Waals surface area (Å²) in [5, 5.41) is 14.3. The molecule has 0 aliphatic heterocycles. The van der Waals surface area contributed by atoms with Gasteiger partial charge < -0.3 is 4.98 Å². The van der Waals surface area contributed by atoms with Crippen molar-refractivity contribution >= 4 is 33.7 Å². The third kappa shape index (κ3) is 3.51. The summed E-state index contributed by atoms with van der Waals surface area (Å²) < 4.78 is 0.766. The molecule has 0 aliphatic rings. The smallest absolute Gasteiger partial charge is 0.287 e. The highest BCUT2D eigenvalue weighted by molar-refractivity contribution is 9.10. The van der Waals surface area contributed by atoms with Gasteiger partial charge in [0.25, 0.3) is 11.6 Å². The monoisotopic (exact) mass is 336 g/mol. The Labute approximate surface area is 122 Å². The molecule has 0 atom stereocenters. The van der Waals surface area contributed by atoms with E-state index in [9.17, 15) is 14.9 Å². The summed E-state index contributed by atoms with van der Waals surface area (Å²) in [4.78, 5) is 24.4. The van der Waals surface area contributed by atoms with E-state index in [1.165, 1.54) is 18.3 Å². The number of rotatable bonds is 4. The van der Waals surface area contributed by atoms with Crippen LogP contribution < -0.4 is 5.43 Å². The number of carbonyl (C=O) groups excluding carboxylic acids is 1. The standard InChI is InChI=1S/C12H9BrN4O3/c13-9-5-11(14-7-9)12(18)16-15-6-8-1-3-10(4-2-8)17(19)20/h1-7,14H,(H,16,18)/b15-6-. The molecule has 1 amide bonds. The lowest BCUT2D eigenvalue weighted by molar-refractivity contribution is -0.384. The molecule has 0 spiro atoms. The molecule has 1 aromatic carbocycles. The predicted molar refractivity (Wildman–Crippen MR) is 76.6 cm³/mol. The largest absolute Gasteiger partial charge is 0.356 e. The number of aromatic amines is 1. The topological polar surface area (TPSA) is 100 Å². The van der Waals surface area contributed by atoms with Crippen molar-refractivity contribution in [3.05, 3.63) is 62.4 Å². The van der Waals surface area contributed by atoms with Gasteiger partial charge in [0, 0.05) is 22.8 Å². The maximum atomic E-state index is 11.6. The third-order valence-electron chi connectivity index (χ3n) is 2.38. The number of benzene rings is 1. The fourth-order valence-corrected chi connectivity index (χ4v) is 1.75. The van der Waals surface area contributed by atoms with Gasteiger partial charge in [-0.05, 0) is 39.7 Å². The highest BCUT2D eigenvalue weighted by Crippen LogP contribution is 2.11. The van der Waals surface area contributed by atoms with Crippen LogP contribution in [-0.2, 0) is 0 Å². The zero-order chi connectivity index (χ0) is 14.5. The van der Waals surface area contributed by atoms with Crippen LogP contribution in [0.25, 0.3) is 0 Å². The number of aromatic nitrogens is 1. The third-order valence-corrected chi connectivity index (χ3v) is 2.83. The van der Waals surface area contributed by atoms with Gasteiger partial charge in [0.2, 0.25) is 0 Å². The van der Waals surface area contributed by atoms with Crippen molar-refractivity contribution in [2.45, 2.75) is 0 Å². The fraction of sp³-hybridized carbons (Fsp3) is 0. The second kappa shape index (κ2) is 6.11. The van der Waals surface area contributed by atoms with Crippen molar-refractivity contribution in [2.75, 3.05) is 0 Å². The lowest BCUT2D eigenvalue weighted by atomic mass is 10.2. The summed E-state index contributed by atoms with van der Waals surface area (Å²) in [7, 11) is 0. The van der Waals surface area contributed by atoms with E-state index in [1.54, 1.807) is 24.4 Å². The van der Waals surface area contributed by atoms with E-state index in [1.807, 2.05) is 0 Å². The minimum absolute atomic E-state index is 0.00224. The minimum atomic E-state index is -0.480. The summed E-state index contributed by atoms with van der Waals surface area (Å²) in [6.07, 6.45) is 3.04. The first-order valence-electron chi connectivity index (χ1n) is 5.48. The zero-order valence-electron chi connectivity index (χ0n) is 10.0. The molecular formula is C12H9BrN4O3. The summed E-state index contributed by atoms with van der Waals surface area (Å²) >= 11 is 3.22. The molecule has 1 heterocycles. The molecule has 20 heavy (non-hydrogen) atoms. The van der Waals surface area contributed by atoms with Gasteiger partial charge >= 0.3 is 0 Å². The number of hydrogen-bond donors (Lipinski definition) is 2. The van der Waals surface area contributed by atoms with Crippen LogP contribution in [0.4, 0.5) is 5.69 Å². The molecule has 0 unspecified atom stereocenters. The molecule has 7 nitrogen and oxygen atoms in total. The van der Waals surface area contributed by atoms with E-state index in [-0.39, 0.29) is 11.6 Å². The Morgan fingerprint density at radius 2 is 2.10 bits per heavy atom. The van der Waals surface area contributed by atoms with Crippen molar-refractivity contribution < 1.29 is 9.72 Å². The molecule has 1 aromatic heterocycles. The normalized spacial score (nSPS) is 10.7. The average molecular weight is 337 g/mol. The zero-order valence-corrected chi connectivity index (χ0v) is 11.6. The van der Waals surface area contributed by atoms with Crippen LogP contribution >= 0.6 is 15.9 Å². The number of H-pyrrole nitrogens is 1. The number of hydrogen-bond acceptors (Lipinski definition) is 4. The highest BCUT2D eigenvalue weighted by Gasteiger charge is 2.06. The van der Waals surface area contributed by atoms with E-state index >= 15 is 0 Å². The first-order chi connectivity index (χ1) is 9.56. The molecule has 2 N–H and O–H groups in total. The second-order valence-electron chi connectivity index (χ2n) is 3.78. The molecule has 2 aromatic rings. The Balaban J connectivity index is 1.96. The summed E-state index contributed by atoms with van der Waals surface area (Å²) in [5.74, 6) is -0.381. The molecule has 0 saturated carbocycles. The lowest BCUT2D eigenvalue weighted by Crippen LogP contribution is -2.17. The van der Waals surface area contributed by atoms with Crippen LogP contribution in [0.2, 0.25) is 0 Å². The number of nitro groups is 1. The van der Waals surface area contributed by atoms with Crippen LogP contribution in [0.5, 0.6) is 0 Å². The number of non-ortho nitro benzene ring substituents is 1. The predicted octanol–water partition coefficient (Wildman–Crippen LogP) is 2.45. The van der Waals surface area contributed by atoms with Crippen LogP contribution in [0, 0.1) is 10.1 Å². The number of nitro benzene ring substituents is 1. The molecule has 8 heteroatoms. The van der Waals surface area contributed by atoms with Crippen molar-refractivity contribution in [1.29, 1.82) is 0 Å². The SMILES string of the molecule is O=C(N/N=C\c1ccc([N+](=O)[O-])cc1)c1cc(Br)c[nH]1. The van der Waals surface area contributed by atoms with Crippen molar-refractivity contribution in [3.8, 4) is 0 Å². The molecule has 0 fully saturated rings. The van der Waals surface area contributed by atoms with E-state index in [0.29, 0.717) is 11.3 Å². The van der Waals surface area contributed by atoms with Gasteiger partial charge in [-0.15, -0.1) is 0 Å². The maximum Gasteiger partial charge on any atom is 0.287 e. The number of halogens is 1. The Morgan fingerprint density at radius 1 is 1.40 bits per heavy atom. The van der Waals surface area contributed by atoms with Gasteiger partial charge in [0.1, 0.15) is 5.69 Å². The van der Waals surface area contributed by atoms with Crippen molar-refractivity contribution in [2.24, 2.45) is 5.10 Å². The number of nitrogens with one attached hydrogen (secondary N) is 2. The summed E-state index contributed by atoms with van der Waals surface area (Å²) in [6, 6.07) is 7.44. The molecule has 0 saturated heterocycles. The first kappa shape index (κ1) is 13.9. The van der Waals surface area contributed by atoms with Gasteiger partial charge in [0.05, 0.1) is 11.1 Å². The van der Waals surface area contributed by atoms with Gasteiger partial charge in [0.15, 0.2) is 0 Å². The number of hydrazone groups is 1. The number of nitrogens with zero attached hydrogens (tertiary/aromatic N) is 2. The van der Waals surface area contributed by atoms with Gasteiger partial charge in [-0.1, -0.05) is 0 Å². The van der Waals surface area contributed by atoms with E-state index in [4.69, 9.17) is 0 Å². The number of amides is 1. The quantitative estimate of drug-likeness (QED) is 0.509. The number of carbonyl (C=O) groups is 1. The van der Waals surface area contributed by atoms with Crippen LogP contribution in [0.3, 0.4) is 0 Å². The fourth-order valence-electron chi connectivity index (χ4n) is 1.41. The highest BCUT2D eigenvalue weighted by atomic mass is 79.9. The molecule has 0 bridgehead atoms. The van der Waals surface area contributed by atoms with E-state index in [0.717, 1.165) is 4.47 Å². The Morgan fingerprint density at radius 3 is 2.65 bits per heavy atom. The Kier molecular flexibility index (Phi) is 4.26. The first-order valence-corrected chi connectivity index (χ1v) is 6.27. The van der Waals surface area contributed by atoms with Gasteiger partial charge in [-0.25, -0.2) is 5.43 Å². The van der Waals surface area contributed by atoms with Crippen LogP contribution in [-0.4, -0.2) is 22.0 Å². The molecular weight excluding hydrogens is 328 g/mol. The lowest BCUT2D eigenvalue weighted by Gasteiger charge is -1.96. The average Bonchev–Trinajstić information content (AvgIpc) is 2.86. The molecule has 102 valence electrons. The summed E-state index contributed by atoms with van der Waals surface area (Å²) in [6.45, 7) is 0. The Bertz CT molecular complexity index is 664. The minimum Gasteiger partial charge on any atom is -0.356 e. The van der Waals surface area contributed by atoms with Gasteiger partial charge in [-0.3, -0.25) is 14.9 Å².